The molecule has 0 atom stereocenters. The number of amides is 2. The Kier molecular flexibility index (Phi) is 15.4. The second-order valence-electron chi connectivity index (χ2n) is 16.9. The SMILES string of the molecule is CCC(=O)Cl.CCC(=O)OCc1cc(F)c(F)cc1-c1ccc2nc(N)nc(C(=O)N3Cc4ccccc4C3)c2c1.Nc1nc(C(=O)N2Cc3ccccc3C2)c2cc(-c3cc(F)c(F)cc3CO)ccc2n1. The second kappa shape index (κ2) is 22.0. The van der Waals surface area contributed by atoms with Gasteiger partial charge < -0.3 is 31.1 Å². The molecule has 2 aliphatic rings. The van der Waals surface area contributed by atoms with Crippen molar-refractivity contribution in [3.8, 4) is 22.3 Å². The Labute approximate surface area is 420 Å². The normalized spacial score (nSPS) is 12.4. The molecule has 2 amide bonds. The van der Waals surface area contributed by atoms with Crippen molar-refractivity contribution in [2.24, 2.45) is 0 Å². The molecule has 6 aromatic carbocycles. The van der Waals surface area contributed by atoms with E-state index >= 15 is 0 Å². The first kappa shape index (κ1) is 51.0. The number of carbonyl (C=O) groups excluding carboxylic acids is 4. The third-order valence-corrected chi connectivity index (χ3v) is 12.4. The van der Waals surface area contributed by atoms with Gasteiger partial charge in [-0.1, -0.05) is 74.5 Å². The van der Waals surface area contributed by atoms with Gasteiger partial charge in [-0.25, -0.2) is 37.5 Å². The summed E-state index contributed by atoms with van der Waals surface area (Å²) in [5.74, 6) is -5.33. The van der Waals surface area contributed by atoms with Gasteiger partial charge in [0.25, 0.3) is 11.8 Å². The molecule has 0 saturated heterocycles. The van der Waals surface area contributed by atoms with Crippen LogP contribution in [0.2, 0.25) is 0 Å². The molecule has 10 rings (SSSR count). The Morgan fingerprint density at radius 1 is 0.575 bits per heavy atom. The van der Waals surface area contributed by atoms with Crippen LogP contribution in [0.25, 0.3) is 44.1 Å². The molecule has 0 bridgehead atoms. The molecule has 0 spiro atoms. The van der Waals surface area contributed by atoms with E-state index < -0.39 is 35.8 Å². The molecule has 4 heterocycles. The minimum atomic E-state index is -1.05. The quantitative estimate of drug-likeness (QED) is 0.0702. The van der Waals surface area contributed by atoms with E-state index in [0.717, 1.165) is 46.5 Å². The summed E-state index contributed by atoms with van der Waals surface area (Å²) < 4.78 is 61.0. The number of nitrogen functional groups attached to an aromatic ring is 2. The van der Waals surface area contributed by atoms with Crippen molar-refractivity contribution in [1.29, 1.82) is 0 Å². The standard InChI is InChI=1S/C27H22F2N4O3.C24H18F2N4O2.C3H5ClO/c1-2-24(34)36-14-18-10-21(28)22(29)11-19(18)15-7-8-23-20(9-15)25(32-27(30)31-23)26(35)33-12-16-5-3-4-6-17(16)13-33;25-19-8-16(12-31)17(9-20(19)26)13-5-6-21-18(7-13)22(29-24(27)28-21)23(32)30-10-14-3-1-2-4-15(14)11-30;1-2-3(4)5/h3-11H,2,12-14H2,1H3,(H2,30,31,32);1-9,31H,10-12H2,(H2,27,28,29);2H2,1H3. The molecule has 0 radical (unpaired) electrons. The summed E-state index contributed by atoms with van der Waals surface area (Å²) in [5, 5.41) is 10.2. The number of nitrogens with two attached hydrogens (primary N) is 2. The summed E-state index contributed by atoms with van der Waals surface area (Å²) in [6.45, 7) is 4.45. The van der Waals surface area contributed by atoms with E-state index in [-0.39, 0.29) is 64.5 Å². The van der Waals surface area contributed by atoms with Crippen LogP contribution in [0.4, 0.5) is 29.5 Å². The van der Waals surface area contributed by atoms with Crippen LogP contribution >= 0.6 is 11.6 Å². The van der Waals surface area contributed by atoms with E-state index in [4.69, 9.17) is 27.8 Å². The number of ether oxygens (including phenoxy) is 1. The second-order valence-corrected chi connectivity index (χ2v) is 17.3. The van der Waals surface area contributed by atoms with E-state index in [9.17, 15) is 41.8 Å². The summed E-state index contributed by atoms with van der Waals surface area (Å²) in [5.41, 5.74) is 19.3. The molecule has 372 valence electrons. The fraction of sp³-hybridized carbons (Fsp3) is 0.185. The molecule has 8 aromatic rings. The molecule has 2 aliphatic heterocycles. The van der Waals surface area contributed by atoms with E-state index in [1.54, 1.807) is 60.0 Å². The van der Waals surface area contributed by atoms with Crippen LogP contribution in [0.15, 0.2) is 109 Å². The Balaban J connectivity index is 0.000000179. The van der Waals surface area contributed by atoms with Gasteiger partial charge in [0.2, 0.25) is 17.1 Å². The monoisotopic (exact) mass is 1010 g/mol. The third kappa shape index (κ3) is 11.2. The van der Waals surface area contributed by atoms with Gasteiger partial charge in [-0.3, -0.25) is 19.2 Å². The summed E-state index contributed by atoms with van der Waals surface area (Å²) in [4.78, 5) is 68.4. The van der Waals surface area contributed by atoms with Gasteiger partial charge in [0, 0.05) is 55.4 Å². The maximum atomic E-state index is 14.2. The van der Waals surface area contributed by atoms with Gasteiger partial charge in [0.1, 0.15) is 18.0 Å². The number of aliphatic hydroxyl groups excluding tert-OH is 1. The Hall–Kier alpha value is -8.35. The van der Waals surface area contributed by atoms with E-state index in [0.29, 0.717) is 76.7 Å². The highest BCUT2D eigenvalue weighted by molar-refractivity contribution is 6.63. The first-order chi connectivity index (χ1) is 35.0. The first-order valence-electron chi connectivity index (χ1n) is 22.8. The fourth-order valence-corrected chi connectivity index (χ4v) is 8.43. The minimum Gasteiger partial charge on any atom is -0.461 e. The maximum Gasteiger partial charge on any atom is 0.305 e. The van der Waals surface area contributed by atoms with E-state index in [1.165, 1.54) is 0 Å². The predicted octanol–water partition coefficient (Wildman–Crippen LogP) is 9.73. The number of fused-ring (bicyclic) bond motifs is 4. The van der Waals surface area contributed by atoms with Crippen molar-refractivity contribution < 1.29 is 46.6 Å². The zero-order chi connectivity index (χ0) is 52.1. The number of anilines is 2. The molecule has 19 heteroatoms. The molecule has 5 N–H and O–H groups in total. The van der Waals surface area contributed by atoms with Crippen molar-refractivity contribution in [2.45, 2.75) is 66.1 Å². The van der Waals surface area contributed by atoms with Gasteiger partial charge in [-0.05, 0) is 110 Å². The Bertz CT molecular complexity index is 3440. The number of rotatable bonds is 9. The lowest BCUT2D eigenvalue weighted by molar-refractivity contribution is -0.144. The fourth-order valence-electron chi connectivity index (χ4n) is 8.43. The molecule has 73 heavy (non-hydrogen) atoms. The minimum absolute atomic E-state index is 0.0332. The number of aliphatic hydroxyl groups is 1. The lowest BCUT2D eigenvalue weighted by Gasteiger charge is -2.17. The molecular weight excluding hydrogens is 968 g/mol. The van der Waals surface area contributed by atoms with Crippen LogP contribution in [0, 0.1) is 23.3 Å². The van der Waals surface area contributed by atoms with Gasteiger partial charge in [0.05, 0.1) is 17.6 Å². The highest BCUT2D eigenvalue weighted by Gasteiger charge is 2.29. The van der Waals surface area contributed by atoms with Crippen LogP contribution < -0.4 is 11.5 Å². The number of hydrogen-bond acceptors (Lipinski definition) is 12. The molecule has 2 aromatic heterocycles. The topological polar surface area (TPSA) is 208 Å². The molecule has 0 unspecified atom stereocenters. The summed E-state index contributed by atoms with van der Waals surface area (Å²) in [7, 11) is 0. The number of halogens is 5. The number of carbonyl (C=O) groups is 4. The lowest BCUT2D eigenvalue weighted by Crippen LogP contribution is -2.27. The molecule has 0 fully saturated rings. The molecule has 0 saturated carbocycles. The lowest BCUT2D eigenvalue weighted by atomic mass is 9.97. The number of hydrogen-bond donors (Lipinski definition) is 3. The highest BCUT2D eigenvalue weighted by Crippen LogP contribution is 2.34. The van der Waals surface area contributed by atoms with E-state index in [2.05, 4.69) is 19.9 Å². The van der Waals surface area contributed by atoms with Gasteiger partial charge >= 0.3 is 5.97 Å². The predicted molar refractivity (Wildman–Crippen MR) is 266 cm³/mol. The van der Waals surface area contributed by atoms with Crippen molar-refractivity contribution in [2.75, 3.05) is 11.5 Å². The van der Waals surface area contributed by atoms with E-state index in [1.807, 2.05) is 48.5 Å². The largest absolute Gasteiger partial charge is 0.461 e. The number of esters is 1. The van der Waals surface area contributed by atoms with Gasteiger partial charge in [-0.15, -0.1) is 0 Å². The van der Waals surface area contributed by atoms with Crippen LogP contribution in [-0.4, -0.2) is 57.9 Å². The smallest absolute Gasteiger partial charge is 0.305 e. The van der Waals surface area contributed by atoms with Crippen LogP contribution in [0.3, 0.4) is 0 Å². The third-order valence-electron chi connectivity index (χ3n) is 12.1. The maximum absolute atomic E-state index is 14.2. The van der Waals surface area contributed by atoms with Crippen LogP contribution in [0.1, 0.15) is 81.0 Å². The number of benzene rings is 6. The zero-order valence-electron chi connectivity index (χ0n) is 39.3. The molecular formula is C54H45ClF4N8O6. The number of aromatic nitrogens is 4. The molecule has 14 nitrogen and oxygen atoms in total. The zero-order valence-corrected chi connectivity index (χ0v) is 40.0. The summed E-state index contributed by atoms with van der Waals surface area (Å²) in [6.07, 6.45) is 0.584. The first-order valence-corrected chi connectivity index (χ1v) is 23.2. The van der Waals surface area contributed by atoms with Crippen molar-refractivity contribution >= 4 is 68.3 Å². The van der Waals surface area contributed by atoms with Crippen molar-refractivity contribution in [3.63, 3.8) is 0 Å². The highest BCUT2D eigenvalue weighted by atomic mass is 35.5. The average molecular weight is 1010 g/mol. The average Bonchev–Trinajstić information content (AvgIpc) is 4.04. The van der Waals surface area contributed by atoms with Crippen LogP contribution in [-0.2, 0) is 53.7 Å². The van der Waals surface area contributed by atoms with Gasteiger partial charge in [0.15, 0.2) is 23.3 Å². The van der Waals surface area contributed by atoms with Crippen molar-refractivity contribution in [3.05, 3.63) is 177 Å². The number of nitrogens with zero attached hydrogens (tertiary/aromatic N) is 6. The summed E-state index contributed by atoms with van der Waals surface area (Å²) in [6, 6.07) is 29.5. The summed E-state index contributed by atoms with van der Waals surface area (Å²) >= 11 is 4.82. The van der Waals surface area contributed by atoms with Crippen LogP contribution in [0.5, 0.6) is 0 Å². The Morgan fingerprint density at radius 2 is 0.959 bits per heavy atom. The van der Waals surface area contributed by atoms with Gasteiger partial charge in [-0.2, -0.15) is 0 Å². The Morgan fingerprint density at radius 3 is 1.34 bits per heavy atom. The van der Waals surface area contributed by atoms with Crippen molar-refractivity contribution in [1.82, 2.24) is 29.7 Å². The molecule has 0 aliphatic carbocycles.